The van der Waals surface area contributed by atoms with Gasteiger partial charge in [-0.2, -0.15) is 0 Å². The van der Waals surface area contributed by atoms with Crippen molar-refractivity contribution in [1.29, 1.82) is 0 Å². The smallest absolute Gasteiger partial charge is 0.756 e. The Hall–Kier alpha value is -1.04. The van der Waals surface area contributed by atoms with Gasteiger partial charge < -0.3 is 34.3 Å². The van der Waals surface area contributed by atoms with Gasteiger partial charge in [-0.15, -0.1) is 0 Å². The van der Waals surface area contributed by atoms with Crippen molar-refractivity contribution in [3.05, 3.63) is 24.3 Å². The molecule has 55 heavy (non-hydrogen) atoms. The zero-order chi connectivity index (χ0) is 40.0. The molecule has 3 N–H and O–H groups in total. The van der Waals surface area contributed by atoms with Crippen LogP contribution in [0, 0.1) is 0 Å². The average molecular weight is 810 g/mol. The maximum absolute atomic E-state index is 12.6. The molecule has 0 saturated heterocycles. The standard InChI is InChI=1S/C42H78NO10P.Na/c1-3-5-7-9-11-13-15-17-19-21-23-25-27-29-31-33-40(44)50-35-38(36-51-54(48,49)52-37-39(43)42(46)47)53-41(45)34-32-30-28-26-24-22-20-18-16-14-12-10-8-6-4-2;/h17-20,38-39H,3-16,21-37,43H2,1-2H3,(H,46,47)(H,48,49);/q;+1/p-1/t38-,39+;/m1./s1. The SMILES string of the molecule is CCCCCCCCC=CCCCCCCCC(=O)OC[C@H](COP(=O)([O-])OC[C@H](N)C(=O)O)OC(=O)CCCCCCCC=CCCCCCCCC.[Na+]. The number of esters is 2. The Bertz CT molecular complexity index is 1030. The number of nitrogens with two attached hydrogens (primary N) is 1. The van der Waals surface area contributed by atoms with Gasteiger partial charge >= 0.3 is 47.5 Å². The largest absolute Gasteiger partial charge is 1.00 e. The minimum atomic E-state index is -4.96. The van der Waals surface area contributed by atoms with Gasteiger partial charge in [-0.1, -0.05) is 141 Å². The molecule has 0 spiro atoms. The van der Waals surface area contributed by atoms with E-state index in [9.17, 15) is 23.8 Å². The summed E-state index contributed by atoms with van der Waals surface area (Å²) in [5, 5.41) is 8.86. The van der Waals surface area contributed by atoms with Crippen molar-refractivity contribution < 1.29 is 77.0 Å². The molecule has 0 aromatic rings. The molecule has 0 aliphatic heterocycles. The number of hydrogen-bond acceptors (Lipinski definition) is 10. The Morgan fingerprint density at radius 2 is 0.945 bits per heavy atom. The van der Waals surface area contributed by atoms with E-state index >= 15 is 0 Å². The van der Waals surface area contributed by atoms with E-state index in [1.807, 2.05) is 0 Å². The number of carbonyl (C=O) groups excluding carboxylic acids is 2. The second kappa shape index (κ2) is 41.1. The van der Waals surface area contributed by atoms with E-state index < -0.39 is 51.1 Å². The molecule has 0 aromatic heterocycles. The molecule has 0 amide bonds. The van der Waals surface area contributed by atoms with E-state index in [4.69, 9.17) is 24.8 Å². The fourth-order valence-electron chi connectivity index (χ4n) is 5.75. The summed E-state index contributed by atoms with van der Waals surface area (Å²) >= 11 is 0. The van der Waals surface area contributed by atoms with Crippen LogP contribution in [0.5, 0.6) is 0 Å². The molecule has 0 radical (unpaired) electrons. The van der Waals surface area contributed by atoms with Crippen molar-refractivity contribution in [2.75, 3.05) is 19.8 Å². The van der Waals surface area contributed by atoms with Crippen LogP contribution in [0.2, 0.25) is 0 Å². The Balaban J connectivity index is 0. The number of hydrogen-bond donors (Lipinski definition) is 2. The van der Waals surface area contributed by atoms with Gasteiger partial charge in [0.2, 0.25) is 0 Å². The number of phosphoric acid groups is 1. The van der Waals surface area contributed by atoms with Crippen LogP contribution in [0.4, 0.5) is 0 Å². The minimum Gasteiger partial charge on any atom is -0.756 e. The van der Waals surface area contributed by atoms with Crippen LogP contribution in [0.25, 0.3) is 0 Å². The van der Waals surface area contributed by atoms with Crippen LogP contribution >= 0.6 is 7.82 Å². The number of unbranched alkanes of at least 4 members (excludes halogenated alkanes) is 22. The van der Waals surface area contributed by atoms with Gasteiger partial charge in [-0.05, 0) is 64.2 Å². The summed E-state index contributed by atoms with van der Waals surface area (Å²) in [6.45, 7) is 2.62. The van der Waals surface area contributed by atoms with Crippen molar-refractivity contribution in [2.45, 2.75) is 206 Å². The molecule has 11 nitrogen and oxygen atoms in total. The topological polar surface area (TPSA) is 175 Å². The number of carboxylic acid groups (broad SMARTS) is 1. The monoisotopic (exact) mass is 810 g/mol. The number of ether oxygens (including phenoxy) is 2. The van der Waals surface area contributed by atoms with Gasteiger partial charge in [-0.25, -0.2) is 0 Å². The molecule has 1 unspecified atom stereocenters. The molecule has 0 saturated carbocycles. The third-order valence-corrected chi connectivity index (χ3v) is 10.1. The Kier molecular flexibility index (Phi) is 41.9. The van der Waals surface area contributed by atoms with Crippen LogP contribution < -0.4 is 40.2 Å². The summed E-state index contributed by atoms with van der Waals surface area (Å²) in [5.41, 5.74) is 5.30. The molecular formula is C42H77NNaO10P. The number of phosphoric ester groups is 1. The van der Waals surface area contributed by atoms with Crippen molar-refractivity contribution in [1.82, 2.24) is 0 Å². The van der Waals surface area contributed by atoms with Crippen LogP contribution in [0.1, 0.15) is 194 Å². The van der Waals surface area contributed by atoms with E-state index in [-0.39, 0.29) is 49.0 Å². The number of carbonyl (C=O) groups is 3. The quantitative estimate of drug-likeness (QED) is 0.0207. The van der Waals surface area contributed by atoms with E-state index in [0.29, 0.717) is 12.8 Å². The second-order valence-corrected chi connectivity index (χ2v) is 15.9. The van der Waals surface area contributed by atoms with Crippen molar-refractivity contribution >= 4 is 25.7 Å². The number of allylic oxidation sites excluding steroid dienone is 4. The first-order valence-electron chi connectivity index (χ1n) is 21.3. The molecular weight excluding hydrogens is 732 g/mol. The zero-order valence-electron chi connectivity index (χ0n) is 35.0. The first-order chi connectivity index (χ1) is 26.1. The fourth-order valence-corrected chi connectivity index (χ4v) is 6.52. The molecule has 3 atom stereocenters. The molecule has 13 heteroatoms. The number of rotatable bonds is 40. The predicted molar refractivity (Wildman–Crippen MR) is 215 cm³/mol. The van der Waals surface area contributed by atoms with Crippen LogP contribution in [0.3, 0.4) is 0 Å². The van der Waals surface area contributed by atoms with Gasteiger partial charge in [0, 0.05) is 12.8 Å². The molecule has 0 heterocycles. The molecule has 0 fully saturated rings. The summed E-state index contributed by atoms with van der Waals surface area (Å²) in [4.78, 5) is 48.0. The molecule has 0 aliphatic carbocycles. The van der Waals surface area contributed by atoms with Crippen LogP contribution in [-0.2, 0) is 37.5 Å². The molecule has 316 valence electrons. The van der Waals surface area contributed by atoms with Gasteiger partial charge in [0.15, 0.2) is 6.10 Å². The maximum atomic E-state index is 12.6. The van der Waals surface area contributed by atoms with Gasteiger partial charge in [-0.3, -0.25) is 18.9 Å². The fraction of sp³-hybridized carbons (Fsp3) is 0.833. The number of carboxylic acids is 1. The van der Waals surface area contributed by atoms with Crippen LogP contribution in [0.15, 0.2) is 24.3 Å². The molecule has 0 aliphatic rings. The minimum absolute atomic E-state index is 0. The van der Waals surface area contributed by atoms with Gasteiger partial charge in [0.05, 0.1) is 13.2 Å². The summed E-state index contributed by atoms with van der Waals surface area (Å²) in [6.07, 6.45) is 37.9. The van der Waals surface area contributed by atoms with Gasteiger partial charge in [0.25, 0.3) is 7.82 Å². The second-order valence-electron chi connectivity index (χ2n) is 14.4. The zero-order valence-corrected chi connectivity index (χ0v) is 37.9. The van der Waals surface area contributed by atoms with Crippen LogP contribution in [-0.4, -0.2) is 55.0 Å². The normalized spacial score (nSPS) is 13.7. The predicted octanol–water partition coefficient (Wildman–Crippen LogP) is 7.43. The average Bonchev–Trinajstić information content (AvgIpc) is 3.14. The third kappa shape index (κ3) is 40.9. The summed E-state index contributed by atoms with van der Waals surface area (Å²) in [7, 11) is -4.96. The Morgan fingerprint density at radius 3 is 1.36 bits per heavy atom. The van der Waals surface area contributed by atoms with Gasteiger partial charge in [0.1, 0.15) is 12.6 Å². The van der Waals surface area contributed by atoms with E-state index in [1.54, 1.807) is 0 Å². The van der Waals surface area contributed by atoms with Crippen molar-refractivity contribution in [2.24, 2.45) is 5.73 Å². The van der Waals surface area contributed by atoms with E-state index in [1.165, 1.54) is 77.0 Å². The Labute approximate surface area is 356 Å². The van der Waals surface area contributed by atoms with Crippen molar-refractivity contribution in [3.63, 3.8) is 0 Å². The summed E-state index contributed by atoms with van der Waals surface area (Å²) < 4.78 is 32.3. The van der Waals surface area contributed by atoms with Crippen molar-refractivity contribution in [3.8, 4) is 0 Å². The summed E-state index contributed by atoms with van der Waals surface area (Å²) in [6, 6.07) is -1.56. The van der Waals surface area contributed by atoms with E-state index in [0.717, 1.165) is 77.0 Å². The molecule has 0 aromatic carbocycles. The molecule has 0 bridgehead atoms. The first kappa shape index (κ1) is 56.1. The number of aliphatic carboxylic acids is 1. The first-order valence-corrected chi connectivity index (χ1v) is 22.8. The maximum Gasteiger partial charge on any atom is 1.00 e. The summed E-state index contributed by atoms with van der Waals surface area (Å²) in [5.74, 6) is -2.46. The Morgan fingerprint density at radius 1 is 0.582 bits per heavy atom. The third-order valence-electron chi connectivity index (χ3n) is 9.16. The van der Waals surface area contributed by atoms with E-state index in [2.05, 4.69) is 42.7 Å². The molecule has 0 rings (SSSR count).